The van der Waals surface area contributed by atoms with Crippen molar-refractivity contribution in [1.82, 2.24) is 20.1 Å². The summed E-state index contributed by atoms with van der Waals surface area (Å²) in [5.74, 6) is 0.907. The van der Waals surface area contributed by atoms with E-state index < -0.39 is 0 Å². The Morgan fingerprint density at radius 1 is 1.15 bits per heavy atom. The van der Waals surface area contributed by atoms with Gasteiger partial charge in [0, 0.05) is 26.0 Å². The first kappa shape index (κ1) is 17.5. The summed E-state index contributed by atoms with van der Waals surface area (Å²) in [6.45, 7) is 0.923. The molecule has 6 heteroatoms. The SMILES string of the molecule is CN1CCCCC(c2ccccc2)NC(=O)Cc2cc3cnn(C)c3c1n2. The number of benzene rings is 1. The first-order valence-corrected chi connectivity index (χ1v) is 9.49. The molecule has 0 radical (unpaired) electrons. The van der Waals surface area contributed by atoms with Gasteiger partial charge in [-0.3, -0.25) is 9.48 Å². The highest BCUT2D eigenvalue weighted by Gasteiger charge is 2.19. The predicted octanol–water partition coefficient (Wildman–Crippen LogP) is 2.99. The highest BCUT2D eigenvalue weighted by molar-refractivity contribution is 5.90. The summed E-state index contributed by atoms with van der Waals surface area (Å²) < 4.78 is 1.86. The van der Waals surface area contributed by atoms with Crippen LogP contribution in [-0.4, -0.2) is 34.3 Å². The van der Waals surface area contributed by atoms with Gasteiger partial charge in [0.05, 0.1) is 24.4 Å². The van der Waals surface area contributed by atoms with E-state index in [1.54, 1.807) is 0 Å². The maximum Gasteiger partial charge on any atom is 0.226 e. The van der Waals surface area contributed by atoms with Crippen LogP contribution in [0.5, 0.6) is 0 Å². The van der Waals surface area contributed by atoms with E-state index in [0.29, 0.717) is 0 Å². The lowest BCUT2D eigenvalue weighted by molar-refractivity contribution is -0.121. The normalized spacial score (nSPS) is 18.7. The first-order valence-electron chi connectivity index (χ1n) is 9.49. The minimum atomic E-state index is 0.00812. The fourth-order valence-corrected chi connectivity index (χ4v) is 3.81. The van der Waals surface area contributed by atoms with Crippen LogP contribution in [0.15, 0.2) is 42.6 Å². The molecule has 0 saturated carbocycles. The van der Waals surface area contributed by atoms with Crippen molar-refractivity contribution >= 4 is 22.6 Å². The van der Waals surface area contributed by atoms with Crippen LogP contribution in [-0.2, 0) is 18.3 Å². The number of nitrogens with zero attached hydrogens (tertiary/aromatic N) is 4. The van der Waals surface area contributed by atoms with Crippen LogP contribution in [0.1, 0.15) is 36.6 Å². The lowest BCUT2D eigenvalue weighted by Crippen LogP contribution is -2.31. The third-order valence-corrected chi connectivity index (χ3v) is 5.23. The van der Waals surface area contributed by atoms with Crippen LogP contribution < -0.4 is 10.2 Å². The molecular weight excluding hydrogens is 338 g/mol. The zero-order chi connectivity index (χ0) is 18.8. The van der Waals surface area contributed by atoms with Crippen LogP contribution in [0.25, 0.3) is 10.9 Å². The lowest BCUT2D eigenvalue weighted by Gasteiger charge is -2.24. The van der Waals surface area contributed by atoms with Gasteiger partial charge >= 0.3 is 0 Å². The van der Waals surface area contributed by atoms with Gasteiger partial charge in [0.25, 0.3) is 0 Å². The van der Waals surface area contributed by atoms with Gasteiger partial charge < -0.3 is 10.2 Å². The molecule has 1 N–H and O–H groups in total. The summed E-state index contributed by atoms with van der Waals surface area (Å²) in [5.41, 5.74) is 2.95. The zero-order valence-electron chi connectivity index (χ0n) is 15.9. The van der Waals surface area contributed by atoms with E-state index in [9.17, 15) is 4.79 Å². The van der Waals surface area contributed by atoms with Crippen molar-refractivity contribution in [3.8, 4) is 0 Å². The molecule has 1 atom stereocenters. The molecule has 1 aliphatic heterocycles. The molecule has 4 rings (SSSR count). The molecule has 3 heterocycles. The number of hydrogen-bond donors (Lipinski definition) is 1. The molecule has 140 valence electrons. The average molecular weight is 363 g/mol. The number of amides is 1. The molecule has 0 spiro atoms. The summed E-state index contributed by atoms with van der Waals surface area (Å²) in [7, 11) is 4.00. The quantitative estimate of drug-likeness (QED) is 0.722. The molecule has 2 bridgehead atoms. The van der Waals surface area contributed by atoms with Crippen LogP contribution >= 0.6 is 0 Å². The van der Waals surface area contributed by atoms with Gasteiger partial charge in [0.1, 0.15) is 5.52 Å². The molecule has 0 saturated heterocycles. The Bertz CT molecular complexity index is 950. The Morgan fingerprint density at radius 3 is 2.78 bits per heavy atom. The second kappa shape index (κ2) is 7.39. The van der Waals surface area contributed by atoms with Gasteiger partial charge in [-0.05, 0) is 30.9 Å². The van der Waals surface area contributed by atoms with Gasteiger partial charge in [0.15, 0.2) is 5.82 Å². The van der Waals surface area contributed by atoms with Crippen molar-refractivity contribution in [2.75, 3.05) is 18.5 Å². The molecule has 1 aliphatic rings. The number of aryl methyl sites for hydroxylation is 1. The molecule has 27 heavy (non-hydrogen) atoms. The van der Waals surface area contributed by atoms with Crippen molar-refractivity contribution < 1.29 is 4.79 Å². The molecule has 0 aliphatic carbocycles. The van der Waals surface area contributed by atoms with Crippen molar-refractivity contribution in [2.24, 2.45) is 7.05 Å². The van der Waals surface area contributed by atoms with E-state index in [0.717, 1.165) is 53.8 Å². The van der Waals surface area contributed by atoms with Gasteiger partial charge in [-0.1, -0.05) is 30.3 Å². The maximum atomic E-state index is 12.7. The van der Waals surface area contributed by atoms with Gasteiger partial charge in [-0.25, -0.2) is 4.98 Å². The number of rotatable bonds is 1. The molecule has 3 aromatic rings. The summed E-state index contributed by atoms with van der Waals surface area (Å²) in [5, 5.41) is 8.61. The smallest absolute Gasteiger partial charge is 0.226 e. The van der Waals surface area contributed by atoms with Crippen LogP contribution in [0.2, 0.25) is 0 Å². The largest absolute Gasteiger partial charge is 0.358 e. The van der Waals surface area contributed by atoms with Gasteiger partial charge in [0.2, 0.25) is 5.91 Å². The molecule has 6 nitrogen and oxygen atoms in total. The summed E-state index contributed by atoms with van der Waals surface area (Å²) >= 11 is 0. The molecule has 0 fully saturated rings. The van der Waals surface area contributed by atoms with E-state index in [4.69, 9.17) is 4.98 Å². The second-order valence-corrected chi connectivity index (χ2v) is 7.27. The summed E-state index contributed by atoms with van der Waals surface area (Å²) in [4.78, 5) is 19.7. The summed E-state index contributed by atoms with van der Waals surface area (Å²) in [6, 6.07) is 12.2. The van der Waals surface area contributed by atoms with E-state index in [-0.39, 0.29) is 18.4 Å². The fourth-order valence-electron chi connectivity index (χ4n) is 3.81. The van der Waals surface area contributed by atoms with Crippen molar-refractivity contribution in [1.29, 1.82) is 0 Å². The predicted molar refractivity (Wildman–Crippen MR) is 107 cm³/mol. The standard InChI is InChI=1S/C21H25N5O/c1-25-11-7-6-10-18(15-8-4-3-5-9-15)24-19(27)13-17-12-16-14-22-26(2)20(16)21(25)23-17/h3-5,8-9,12,14,18H,6-7,10-11,13H2,1-2H3,(H,24,27). The molecule has 2 aromatic heterocycles. The van der Waals surface area contributed by atoms with E-state index in [1.807, 2.05) is 42.2 Å². The number of hydrogen-bond acceptors (Lipinski definition) is 4. The highest BCUT2D eigenvalue weighted by Crippen LogP contribution is 2.27. The number of anilines is 1. The number of nitrogens with one attached hydrogen (secondary N) is 1. The van der Waals surface area contributed by atoms with Crippen molar-refractivity contribution in [3.05, 3.63) is 53.9 Å². The topological polar surface area (TPSA) is 63.1 Å². The van der Waals surface area contributed by atoms with E-state index >= 15 is 0 Å². The average Bonchev–Trinajstić information content (AvgIpc) is 3.04. The Hall–Kier alpha value is -2.89. The van der Waals surface area contributed by atoms with Crippen molar-refractivity contribution in [3.63, 3.8) is 0 Å². The molecule has 1 unspecified atom stereocenters. The van der Waals surface area contributed by atoms with Gasteiger partial charge in [-0.15, -0.1) is 0 Å². The Kier molecular flexibility index (Phi) is 4.79. The number of carbonyl (C=O) groups is 1. The van der Waals surface area contributed by atoms with Crippen molar-refractivity contribution in [2.45, 2.75) is 31.7 Å². The van der Waals surface area contributed by atoms with Crippen LogP contribution in [0.4, 0.5) is 5.82 Å². The third kappa shape index (κ3) is 3.65. The monoisotopic (exact) mass is 363 g/mol. The minimum absolute atomic E-state index is 0.00812. The number of aromatic nitrogens is 3. The first-order chi connectivity index (χ1) is 13.1. The highest BCUT2D eigenvalue weighted by atomic mass is 16.1. The Labute approximate surface area is 159 Å². The minimum Gasteiger partial charge on any atom is -0.358 e. The van der Waals surface area contributed by atoms with E-state index in [1.165, 1.54) is 0 Å². The third-order valence-electron chi connectivity index (χ3n) is 5.23. The molecule has 1 amide bonds. The van der Waals surface area contributed by atoms with Gasteiger partial charge in [-0.2, -0.15) is 5.10 Å². The maximum absolute atomic E-state index is 12.7. The van der Waals surface area contributed by atoms with Crippen LogP contribution in [0.3, 0.4) is 0 Å². The van der Waals surface area contributed by atoms with E-state index in [2.05, 4.69) is 34.5 Å². The Balaban J connectivity index is 1.68. The van der Waals surface area contributed by atoms with Crippen LogP contribution in [0, 0.1) is 0 Å². The number of carbonyl (C=O) groups excluding carboxylic acids is 1. The summed E-state index contributed by atoms with van der Waals surface area (Å²) in [6.07, 6.45) is 5.13. The lowest BCUT2D eigenvalue weighted by atomic mass is 10.00. The Morgan fingerprint density at radius 2 is 1.96 bits per heavy atom. The second-order valence-electron chi connectivity index (χ2n) is 7.27. The number of fused-ring (bicyclic) bond motifs is 4. The fraction of sp³-hybridized carbons (Fsp3) is 0.381. The molecule has 1 aromatic carbocycles. The zero-order valence-corrected chi connectivity index (χ0v) is 15.9. The molecular formula is C21H25N5O. The number of pyridine rings is 1.